The predicted molar refractivity (Wildman–Crippen MR) is 75.0 cm³/mol. The number of carbonyl (C=O) groups is 2. The first-order valence-corrected chi connectivity index (χ1v) is 7.44. The average Bonchev–Trinajstić information content (AvgIpc) is 2.23. The Morgan fingerprint density at radius 2 is 1.89 bits per heavy atom. The molecule has 0 heterocycles. The lowest BCUT2D eigenvalue weighted by atomic mass is 9.87. The molecule has 0 bridgehead atoms. The van der Waals surface area contributed by atoms with E-state index in [2.05, 4.69) is 10.6 Å². The second kappa shape index (κ2) is 8.24. The largest absolute Gasteiger partial charge is 0.480 e. The monoisotopic (exact) mass is 276 g/mol. The minimum Gasteiger partial charge on any atom is -0.480 e. The molecule has 0 rings (SSSR count). The summed E-state index contributed by atoms with van der Waals surface area (Å²) in [5, 5.41) is 14.2. The first-order valence-electron chi connectivity index (χ1n) is 6.05. The van der Waals surface area contributed by atoms with Gasteiger partial charge in [-0.25, -0.2) is 9.59 Å². The molecule has 0 aromatic heterocycles. The van der Waals surface area contributed by atoms with Crippen molar-refractivity contribution in [1.82, 2.24) is 10.6 Å². The standard InChI is InChI=1S/C12H24N2O3S/c1-12(2,3)9(10(15)16)14-11(17)13-7-5-6-8-18-4/h9H,5-8H2,1-4H3,(H,15,16)(H2,13,14,17)/t9-/m0/s1. The van der Waals surface area contributed by atoms with Gasteiger partial charge in [-0.15, -0.1) is 0 Å². The summed E-state index contributed by atoms with van der Waals surface area (Å²) in [6, 6.07) is -1.30. The first-order chi connectivity index (χ1) is 8.29. The van der Waals surface area contributed by atoms with E-state index >= 15 is 0 Å². The summed E-state index contributed by atoms with van der Waals surface area (Å²) in [5.41, 5.74) is -0.512. The fourth-order valence-corrected chi connectivity index (χ4v) is 1.90. The van der Waals surface area contributed by atoms with Crippen LogP contribution in [0, 0.1) is 5.41 Å². The summed E-state index contributed by atoms with van der Waals surface area (Å²) in [5.74, 6) is 0.0586. The lowest BCUT2D eigenvalue weighted by molar-refractivity contribution is -0.141. The van der Waals surface area contributed by atoms with Crippen LogP contribution in [-0.4, -0.2) is 41.7 Å². The molecule has 0 aliphatic rings. The Morgan fingerprint density at radius 3 is 2.33 bits per heavy atom. The van der Waals surface area contributed by atoms with Gasteiger partial charge in [0.25, 0.3) is 0 Å². The SMILES string of the molecule is CSCCCCNC(=O)N[C@@H](C(=O)O)C(C)(C)C. The van der Waals surface area contributed by atoms with Crippen molar-refractivity contribution in [3.05, 3.63) is 0 Å². The Bertz CT molecular complexity index is 277. The number of hydrogen-bond acceptors (Lipinski definition) is 3. The minimum absolute atomic E-state index is 0.415. The molecular weight excluding hydrogens is 252 g/mol. The van der Waals surface area contributed by atoms with Gasteiger partial charge in [-0.1, -0.05) is 20.8 Å². The zero-order valence-electron chi connectivity index (χ0n) is 11.6. The van der Waals surface area contributed by atoms with Crippen molar-refractivity contribution in [2.75, 3.05) is 18.6 Å². The highest BCUT2D eigenvalue weighted by molar-refractivity contribution is 7.98. The molecule has 6 heteroatoms. The normalized spacial score (nSPS) is 12.9. The maximum atomic E-state index is 11.5. The highest BCUT2D eigenvalue weighted by Crippen LogP contribution is 2.19. The van der Waals surface area contributed by atoms with Crippen molar-refractivity contribution in [2.24, 2.45) is 5.41 Å². The van der Waals surface area contributed by atoms with Crippen LogP contribution in [-0.2, 0) is 4.79 Å². The van der Waals surface area contributed by atoms with Gasteiger partial charge >= 0.3 is 12.0 Å². The molecular formula is C12H24N2O3S. The van der Waals surface area contributed by atoms with Gasteiger partial charge in [0.05, 0.1) is 0 Å². The predicted octanol–water partition coefficient (Wildman–Crippen LogP) is 1.93. The van der Waals surface area contributed by atoms with E-state index in [-0.39, 0.29) is 0 Å². The molecule has 0 aliphatic carbocycles. The number of thioether (sulfide) groups is 1. The molecule has 3 N–H and O–H groups in total. The summed E-state index contributed by atoms with van der Waals surface area (Å²) in [6.07, 6.45) is 3.99. The van der Waals surface area contributed by atoms with Gasteiger partial charge in [0.2, 0.25) is 0 Å². The first kappa shape index (κ1) is 17.1. The molecule has 0 aromatic rings. The Hall–Kier alpha value is -0.910. The van der Waals surface area contributed by atoms with Gasteiger partial charge < -0.3 is 15.7 Å². The zero-order chi connectivity index (χ0) is 14.2. The maximum absolute atomic E-state index is 11.5. The minimum atomic E-state index is -1.01. The van der Waals surface area contributed by atoms with Gasteiger partial charge in [0, 0.05) is 6.54 Å². The van der Waals surface area contributed by atoms with Gasteiger partial charge in [0.1, 0.15) is 6.04 Å². The number of rotatable bonds is 7. The summed E-state index contributed by atoms with van der Waals surface area (Å²) in [4.78, 5) is 22.6. The number of carboxylic acids is 1. The Labute approximate surface area is 113 Å². The van der Waals surface area contributed by atoms with Crippen molar-refractivity contribution < 1.29 is 14.7 Å². The molecule has 0 spiro atoms. The van der Waals surface area contributed by atoms with Crippen molar-refractivity contribution >= 4 is 23.8 Å². The number of urea groups is 1. The zero-order valence-corrected chi connectivity index (χ0v) is 12.4. The molecule has 0 aromatic carbocycles. The molecule has 1 atom stereocenters. The number of carbonyl (C=O) groups excluding carboxylic acids is 1. The Balaban J connectivity index is 4.01. The van der Waals surface area contributed by atoms with E-state index in [1.54, 1.807) is 32.5 Å². The second-order valence-electron chi connectivity index (χ2n) is 5.24. The second-order valence-corrected chi connectivity index (χ2v) is 6.22. The summed E-state index contributed by atoms with van der Waals surface area (Å²) in [7, 11) is 0. The molecule has 0 fully saturated rings. The van der Waals surface area contributed by atoms with E-state index in [4.69, 9.17) is 5.11 Å². The number of carboxylic acid groups (broad SMARTS) is 1. The number of amides is 2. The third-order valence-corrected chi connectivity index (χ3v) is 3.15. The summed E-state index contributed by atoms with van der Waals surface area (Å²) >= 11 is 1.77. The quantitative estimate of drug-likeness (QED) is 0.621. The van der Waals surface area contributed by atoms with Crippen LogP contribution in [0.15, 0.2) is 0 Å². The smallest absolute Gasteiger partial charge is 0.326 e. The fourth-order valence-electron chi connectivity index (χ4n) is 1.40. The van der Waals surface area contributed by atoms with Crippen molar-refractivity contribution in [3.8, 4) is 0 Å². The number of aliphatic carboxylic acids is 1. The van der Waals surface area contributed by atoms with Crippen LogP contribution < -0.4 is 10.6 Å². The van der Waals surface area contributed by atoms with Crippen molar-refractivity contribution in [3.63, 3.8) is 0 Å². The maximum Gasteiger partial charge on any atom is 0.326 e. The molecule has 5 nitrogen and oxygen atoms in total. The van der Waals surface area contributed by atoms with Gasteiger partial charge in [-0.3, -0.25) is 0 Å². The van der Waals surface area contributed by atoms with Crippen LogP contribution in [0.1, 0.15) is 33.6 Å². The lowest BCUT2D eigenvalue weighted by Crippen LogP contribution is -2.52. The molecule has 0 saturated heterocycles. The van der Waals surface area contributed by atoms with E-state index in [1.807, 2.05) is 6.26 Å². The number of hydrogen-bond donors (Lipinski definition) is 3. The molecule has 2 amide bonds. The molecule has 0 saturated carbocycles. The third kappa shape index (κ3) is 7.42. The van der Waals surface area contributed by atoms with Crippen molar-refractivity contribution in [1.29, 1.82) is 0 Å². The lowest BCUT2D eigenvalue weighted by Gasteiger charge is -2.27. The van der Waals surface area contributed by atoms with Gasteiger partial charge in [0.15, 0.2) is 0 Å². The molecule has 106 valence electrons. The average molecular weight is 276 g/mol. The number of unbranched alkanes of at least 4 members (excludes halogenated alkanes) is 1. The van der Waals surface area contributed by atoms with Gasteiger partial charge in [-0.2, -0.15) is 11.8 Å². The van der Waals surface area contributed by atoms with Crippen LogP contribution in [0.5, 0.6) is 0 Å². The molecule has 0 unspecified atom stereocenters. The Morgan fingerprint density at radius 1 is 1.28 bits per heavy atom. The number of nitrogens with one attached hydrogen (secondary N) is 2. The van der Waals surface area contributed by atoms with Crippen LogP contribution in [0.25, 0.3) is 0 Å². The van der Waals surface area contributed by atoms with Crippen LogP contribution in [0.2, 0.25) is 0 Å². The van der Waals surface area contributed by atoms with E-state index in [1.165, 1.54) is 0 Å². The molecule has 0 aliphatic heterocycles. The third-order valence-electron chi connectivity index (χ3n) is 2.45. The van der Waals surface area contributed by atoms with Crippen LogP contribution >= 0.6 is 11.8 Å². The van der Waals surface area contributed by atoms with Crippen LogP contribution in [0.4, 0.5) is 4.79 Å². The van der Waals surface area contributed by atoms with Gasteiger partial charge in [-0.05, 0) is 30.3 Å². The fraction of sp³-hybridized carbons (Fsp3) is 0.833. The highest BCUT2D eigenvalue weighted by atomic mass is 32.2. The van der Waals surface area contributed by atoms with Crippen molar-refractivity contribution in [2.45, 2.75) is 39.7 Å². The summed E-state index contributed by atoms with van der Waals surface area (Å²) < 4.78 is 0. The summed E-state index contributed by atoms with van der Waals surface area (Å²) in [6.45, 7) is 5.92. The highest BCUT2D eigenvalue weighted by Gasteiger charge is 2.32. The van der Waals surface area contributed by atoms with E-state index in [0.29, 0.717) is 6.54 Å². The Kier molecular flexibility index (Phi) is 7.82. The van der Waals surface area contributed by atoms with E-state index in [9.17, 15) is 9.59 Å². The van der Waals surface area contributed by atoms with Crippen LogP contribution in [0.3, 0.4) is 0 Å². The van der Waals surface area contributed by atoms with E-state index in [0.717, 1.165) is 18.6 Å². The molecule has 0 radical (unpaired) electrons. The van der Waals surface area contributed by atoms with E-state index < -0.39 is 23.5 Å². The molecule has 18 heavy (non-hydrogen) atoms. The topological polar surface area (TPSA) is 78.4 Å².